The van der Waals surface area contributed by atoms with Crippen LogP contribution in [0, 0.1) is 0 Å². The molecule has 1 unspecified atom stereocenters. The van der Waals surface area contributed by atoms with Gasteiger partial charge in [0.2, 0.25) is 0 Å². The second-order valence-electron chi connectivity index (χ2n) is 5.25. The van der Waals surface area contributed by atoms with Crippen LogP contribution in [0.25, 0.3) is 0 Å². The minimum absolute atomic E-state index is 0.150. The predicted molar refractivity (Wildman–Crippen MR) is 89.3 cm³/mol. The van der Waals surface area contributed by atoms with Crippen molar-refractivity contribution >= 4 is 22.6 Å². The van der Waals surface area contributed by atoms with Gasteiger partial charge in [-0.3, -0.25) is 4.79 Å². The summed E-state index contributed by atoms with van der Waals surface area (Å²) in [6.07, 6.45) is 0. The van der Waals surface area contributed by atoms with Crippen molar-refractivity contribution in [3.63, 3.8) is 0 Å². The first kappa shape index (κ1) is 17.3. The maximum Gasteiger partial charge on any atom is 0.344 e. The molecule has 0 aliphatic carbocycles. The summed E-state index contributed by atoms with van der Waals surface area (Å²) < 4.78 is 27.7. The molecule has 1 aliphatic rings. The second-order valence-corrected chi connectivity index (χ2v) is 6.67. The lowest BCUT2D eigenvalue weighted by Crippen LogP contribution is -2.18. The zero-order chi connectivity index (χ0) is 17.8. The molecule has 0 amide bonds. The van der Waals surface area contributed by atoms with Gasteiger partial charge in [0.1, 0.15) is 12.4 Å². The van der Waals surface area contributed by atoms with E-state index in [1.165, 1.54) is 13.2 Å². The summed E-state index contributed by atoms with van der Waals surface area (Å²) in [5.41, 5.74) is 0.742. The van der Waals surface area contributed by atoms with Crippen LogP contribution in [0.4, 0.5) is 0 Å². The molecule has 0 radical (unpaired) electrons. The normalized spacial score (nSPS) is 15.2. The fraction of sp³-hybridized carbons (Fsp3) is 0.222. The van der Waals surface area contributed by atoms with Crippen molar-refractivity contribution in [2.24, 2.45) is 0 Å². The molecule has 25 heavy (non-hydrogen) atoms. The third-order valence-electron chi connectivity index (χ3n) is 3.63. The Morgan fingerprint density at radius 3 is 2.60 bits per heavy atom. The number of hydrogen-bond acceptors (Lipinski definition) is 6. The Morgan fingerprint density at radius 2 is 1.80 bits per heavy atom. The molecule has 0 spiro atoms. The van der Waals surface area contributed by atoms with Gasteiger partial charge in [0.05, 0.1) is 27.2 Å². The van der Waals surface area contributed by atoms with E-state index in [4.69, 9.17) is 14.2 Å². The van der Waals surface area contributed by atoms with E-state index in [1.54, 1.807) is 36.4 Å². The number of carbonyl (C=O) groups is 2. The van der Waals surface area contributed by atoms with Gasteiger partial charge in [-0.15, -0.1) is 0 Å². The maximum absolute atomic E-state index is 12.6. The lowest BCUT2D eigenvalue weighted by molar-refractivity contribution is -0.147. The van der Waals surface area contributed by atoms with Gasteiger partial charge in [0, 0.05) is 18.2 Å². The molecule has 0 saturated carbocycles. The zero-order valence-electron chi connectivity index (χ0n) is 13.5. The average molecular weight is 360 g/mol. The summed E-state index contributed by atoms with van der Waals surface area (Å²) in [6.45, 7) is 0.178. The van der Waals surface area contributed by atoms with Crippen LogP contribution >= 0.6 is 0 Å². The number of esters is 1. The standard InChI is InChI=1S/C18H16O6S/c1-22-8-9-23-17(19)11-24-12-6-7-16-14(10-12)18(20)13-4-2-3-5-15(13)25(16)21/h2-7,10H,8-9,11H2,1H3. The number of benzene rings is 2. The minimum Gasteiger partial charge on any atom is -0.482 e. The molecular weight excluding hydrogens is 344 g/mol. The predicted octanol–water partition coefficient (Wildman–Crippen LogP) is 1.97. The molecule has 6 nitrogen and oxygen atoms in total. The first-order valence-corrected chi connectivity index (χ1v) is 8.73. The van der Waals surface area contributed by atoms with Crippen molar-refractivity contribution in [3.8, 4) is 5.75 Å². The molecule has 7 heteroatoms. The van der Waals surface area contributed by atoms with Crippen molar-refractivity contribution in [2.75, 3.05) is 26.9 Å². The van der Waals surface area contributed by atoms with Crippen LogP contribution in [-0.4, -0.2) is 42.9 Å². The molecule has 1 aliphatic heterocycles. The molecule has 0 fully saturated rings. The first-order valence-electron chi connectivity index (χ1n) is 7.58. The molecule has 3 rings (SSSR count). The van der Waals surface area contributed by atoms with E-state index in [0.717, 1.165) is 0 Å². The van der Waals surface area contributed by atoms with E-state index < -0.39 is 16.8 Å². The van der Waals surface area contributed by atoms with E-state index in [1.807, 2.05) is 0 Å². The zero-order valence-corrected chi connectivity index (χ0v) is 14.3. The summed E-state index contributed by atoms with van der Waals surface area (Å²) in [5, 5.41) is 0. The molecule has 0 saturated heterocycles. The van der Waals surface area contributed by atoms with Crippen molar-refractivity contribution in [1.29, 1.82) is 0 Å². The van der Waals surface area contributed by atoms with E-state index in [-0.39, 0.29) is 19.0 Å². The molecular formula is C18H16O6S. The quantitative estimate of drug-likeness (QED) is 0.494. The molecule has 2 aromatic carbocycles. The summed E-state index contributed by atoms with van der Waals surface area (Å²) in [6, 6.07) is 11.5. The van der Waals surface area contributed by atoms with Gasteiger partial charge in [-0.1, -0.05) is 12.1 Å². The Kier molecular flexibility index (Phi) is 5.25. The monoisotopic (exact) mass is 360 g/mol. The fourth-order valence-electron chi connectivity index (χ4n) is 2.44. The van der Waals surface area contributed by atoms with Crippen LogP contribution in [-0.2, 0) is 25.1 Å². The van der Waals surface area contributed by atoms with Gasteiger partial charge in [-0.05, 0) is 30.3 Å². The molecule has 0 N–H and O–H groups in total. The Balaban J connectivity index is 1.75. The van der Waals surface area contributed by atoms with Crippen molar-refractivity contribution in [2.45, 2.75) is 9.79 Å². The molecule has 0 bridgehead atoms. The molecule has 1 atom stereocenters. The maximum atomic E-state index is 12.6. The van der Waals surface area contributed by atoms with Gasteiger partial charge < -0.3 is 14.2 Å². The van der Waals surface area contributed by atoms with E-state index in [2.05, 4.69) is 0 Å². The first-order chi connectivity index (χ1) is 12.1. The SMILES string of the molecule is COCCOC(=O)COc1ccc2c(c1)C(=O)c1ccccc1S2=O. The van der Waals surface area contributed by atoms with Crippen LogP contribution in [0.2, 0.25) is 0 Å². The van der Waals surface area contributed by atoms with Gasteiger partial charge in [-0.2, -0.15) is 0 Å². The van der Waals surface area contributed by atoms with Gasteiger partial charge in [0.15, 0.2) is 12.4 Å². The average Bonchev–Trinajstić information content (AvgIpc) is 2.64. The molecule has 130 valence electrons. The van der Waals surface area contributed by atoms with Crippen molar-refractivity contribution in [3.05, 3.63) is 53.6 Å². The smallest absolute Gasteiger partial charge is 0.344 e. The number of rotatable bonds is 6. The summed E-state index contributed by atoms with van der Waals surface area (Å²) in [5.74, 6) is -0.402. The van der Waals surface area contributed by atoms with E-state index in [0.29, 0.717) is 33.3 Å². The van der Waals surface area contributed by atoms with Crippen LogP contribution < -0.4 is 4.74 Å². The highest BCUT2D eigenvalue weighted by Gasteiger charge is 2.28. The number of fused-ring (bicyclic) bond motifs is 2. The largest absolute Gasteiger partial charge is 0.482 e. The van der Waals surface area contributed by atoms with Crippen molar-refractivity contribution in [1.82, 2.24) is 0 Å². The summed E-state index contributed by atoms with van der Waals surface area (Å²) >= 11 is 0. The Labute approximate surface area is 147 Å². The highest BCUT2D eigenvalue weighted by molar-refractivity contribution is 7.85. The van der Waals surface area contributed by atoms with Gasteiger partial charge >= 0.3 is 5.97 Å². The number of methoxy groups -OCH3 is 1. The number of hydrogen-bond donors (Lipinski definition) is 0. The minimum atomic E-state index is -1.42. The lowest BCUT2D eigenvalue weighted by atomic mass is 10.0. The van der Waals surface area contributed by atoms with Crippen LogP contribution in [0.15, 0.2) is 52.3 Å². The third kappa shape index (κ3) is 3.62. The van der Waals surface area contributed by atoms with Crippen LogP contribution in [0.1, 0.15) is 15.9 Å². The molecule has 1 heterocycles. The Hall–Kier alpha value is -2.51. The fourth-order valence-corrected chi connectivity index (χ4v) is 3.78. The summed E-state index contributed by atoms with van der Waals surface area (Å²) in [4.78, 5) is 25.1. The third-order valence-corrected chi connectivity index (χ3v) is 5.14. The molecule has 2 aromatic rings. The number of ether oxygens (including phenoxy) is 3. The van der Waals surface area contributed by atoms with Crippen molar-refractivity contribution < 1.29 is 28.0 Å². The lowest BCUT2D eigenvalue weighted by Gasteiger charge is -2.18. The number of ketones is 1. The van der Waals surface area contributed by atoms with Gasteiger partial charge in [-0.25, -0.2) is 9.00 Å². The molecule has 0 aromatic heterocycles. The highest BCUT2D eigenvalue weighted by atomic mass is 32.2. The van der Waals surface area contributed by atoms with Crippen LogP contribution in [0.5, 0.6) is 5.75 Å². The van der Waals surface area contributed by atoms with Gasteiger partial charge in [0.25, 0.3) is 0 Å². The van der Waals surface area contributed by atoms with E-state index in [9.17, 15) is 13.8 Å². The van der Waals surface area contributed by atoms with E-state index >= 15 is 0 Å². The summed E-state index contributed by atoms with van der Waals surface area (Å²) in [7, 11) is 0.0914. The Bertz CT molecular complexity index is 845. The number of carbonyl (C=O) groups excluding carboxylic acids is 2. The van der Waals surface area contributed by atoms with Crippen LogP contribution in [0.3, 0.4) is 0 Å². The Morgan fingerprint density at radius 1 is 1.04 bits per heavy atom. The topological polar surface area (TPSA) is 78.9 Å². The second kappa shape index (κ2) is 7.58. The highest BCUT2D eigenvalue weighted by Crippen LogP contribution is 2.33.